The van der Waals surface area contributed by atoms with Gasteiger partial charge in [0.1, 0.15) is 11.8 Å². The fourth-order valence-electron chi connectivity index (χ4n) is 1.35. The topological polar surface area (TPSA) is 64.1 Å². The number of hydrogen-bond donors (Lipinski definition) is 2. The number of hydrogen-bond acceptors (Lipinski definition) is 4. The Morgan fingerprint density at radius 2 is 2.07 bits per heavy atom. The molecule has 3 N–H and O–H groups in total. The minimum absolute atomic E-state index is 0.118. The Kier molecular flexibility index (Phi) is 2.58. The molecule has 0 aromatic carbocycles. The van der Waals surface area contributed by atoms with E-state index >= 15 is 0 Å². The zero-order valence-electron chi connectivity index (χ0n) is 7.55. The summed E-state index contributed by atoms with van der Waals surface area (Å²) in [4.78, 5) is 3.94. The molecule has 0 fully saturated rings. The third kappa shape index (κ3) is 1.66. The molecule has 1 unspecified atom stereocenters. The van der Waals surface area contributed by atoms with Crippen molar-refractivity contribution in [2.75, 3.05) is 0 Å². The minimum atomic E-state index is -0.118. The highest BCUT2D eigenvalue weighted by atomic mass is 16.3. The predicted molar refractivity (Wildman–Crippen MR) is 52.1 cm³/mol. The van der Waals surface area contributed by atoms with Crippen LogP contribution in [0.2, 0.25) is 0 Å². The van der Waals surface area contributed by atoms with Crippen molar-refractivity contribution in [3.05, 3.63) is 54.2 Å². The van der Waals surface area contributed by atoms with E-state index in [0.717, 1.165) is 11.3 Å². The fourth-order valence-corrected chi connectivity index (χ4v) is 1.35. The third-order valence-corrected chi connectivity index (χ3v) is 2.03. The minimum Gasteiger partial charge on any atom is -0.467 e. The van der Waals surface area contributed by atoms with Crippen LogP contribution < -0.4 is 11.3 Å². The number of furan rings is 1. The maximum atomic E-state index is 5.47. The van der Waals surface area contributed by atoms with E-state index in [4.69, 9.17) is 10.3 Å². The number of nitrogens with zero attached hydrogens (tertiary/aromatic N) is 1. The van der Waals surface area contributed by atoms with Crippen LogP contribution in [0, 0.1) is 0 Å². The number of pyridine rings is 1. The molecule has 0 bridgehead atoms. The third-order valence-electron chi connectivity index (χ3n) is 2.03. The van der Waals surface area contributed by atoms with Crippen LogP contribution in [-0.4, -0.2) is 4.98 Å². The van der Waals surface area contributed by atoms with E-state index in [-0.39, 0.29) is 6.04 Å². The zero-order chi connectivity index (χ0) is 9.80. The summed E-state index contributed by atoms with van der Waals surface area (Å²) in [6, 6.07) is 7.39. The molecule has 2 rings (SSSR count). The van der Waals surface area contributed by atoms with Gasteiger partial charge in [-0.25, -0.2) is 5.43 Å². The molecular weight excluding hydrogens is 178 g/mol. The molecular formula is C10H11N3O. The Balaban J connectivity index is 2.31. The molecule has 2 aromatic heterocycles. The summed E-state index contributed by atoms with van der Waals surface area (Å²) in [6.07, 6.45) is 5.08. The molecule has 2 aromatic rings. The van der Waals surface area contributed by atoms with Crippen molar-refractivity contribution in [3.63, 3.8) is 0 Å². The summed E-state index contributed by atoms with van der Waals surface area (Å²) in [7, 11) is 0. The number of aromatic nitrogens is 1. The van der Waals surface area contributed by atoms with Gasteiger partial charge in [0, 0.05) is 12.4 Å². The van der Waals surface area contributed by atoms with Gasteiger partial charge in [0.15, 0.2) is 0 Å². The highest BCUT2D eigenvalue weighted by molar-refractivity contribution is 5.23. The van der Waals surface area contributed by atoms with Gasteiger partial charge < -0.3 is 4.42 Å². The maximum Gasteiger partial charge on any atom is 0.126 e. The van der Waals surface area contributed by atoms with Crippen molar-refractivity contribution in [1.29, 1.82) is 0 Å². The molecule has 2 heterocycles. The zero-order valence-corrected chi connectivity index (χ0v) is 7.55. The second-order valence-electron chi connectivity index (χ2n) is 2.90. The lowest BCUT2D eigenvalue weighted by Crippen LogP contribution is -2.28. The molecule has 0 saturated carbocycles. The Morgan fingerprint density at radius 3 is 2.64 bits per heavy atom. The quantitative estimate of drug-likeness (QED) is 0.563. The first kappa shape index (κ1) is 8.93. The normalized spacial score (nSPS) is 12.6. The second-order valence-corrected chi connectivity index (χ2v) is 2.90. The summed E-state index contributed by atoms with van der Waals surface area (Å²) in [5.74, 6) is 6.26. The van der Waals surface area contributed by atoms with Crippen molar-refractivity contribution in [1.82, 2.24) is 10.4 Å². The molecule has 0 radical (unpaired) electrons. The maximum absolute atomic E-state index is 5.47. The largest absolute Gasteiger partial charge is 0.467 e. The second kappa shape index (κ2) is 4.04. The molecule has 1 atom stereocenters. The van der Waals surface area contributed by atoms with E-state index in [1.54, 1.807) is 18.7 Å². The van der Waals surface area contributed by atoms with Crippen LogP contribution in [0.4, 0.5) is 0 Å². The van der Waals surface area contributed by atoms with Crippen molar-refractivity contribution >= 4 is 0 Å². The van der Waals surface area contributed by atoms with Gasteiger partial charge in [-0.1, -0.05) is 0 Å². The lowest BCUT2D eigenvalue weighted by Gasteiger charge is -2.12. The first-order chi connectivity index (χ1) is 6.92. The Bertz CT molecular complexity index is 372. The van der Waals surface area contributed by atoms with Crippen molar-refractivity contribution in [2.24, 2.45) is 5.84 Å². The number of nitrogens with one attached hydrogen (secondary N) is 1. The van der Waals surface area contributed by atoms with Gasteiger partial charge in [-0.2, -0.15) is 0 Å². The van der Waals surface area contributed by atoms with E-state index in [9.17, 15) is 0 Å². The van der Waals surface area contributed by atoms with Crippen molar-refractivity contribution < 1.29 is 4.42 Å². The molecule has 14 heavy (non-hydrogen) atoms. The first-order valence-electron chi connectivity index (χ1n) is 4.31. The summed E-state index contributed by atoms with van der Waals surface area (Å²) < 4.78 is 5.28. The van der Waals surface area contributed by atoms with Crippen LogP contribution in [0.5, 0.6) is 0 Å². The lowest BCUT2D eigenvalue weighted by molar-refractivity contribution is 0.452. The van der Waals surface area contributed by atoms with Crippen LogP contribution in [0.3, 0.4) is 0 Å². The molecule has 0 amide bonds. The molecule has 72 valence electrons. The van der Waals surface area contributed by atoms with Gasteiger partial charge in [0.05, 0.1) is 6.26 Å². The van der Waals surface area contributed by atoms with E-state index in [1.165, 1.54) is 0 Å². The number of rotatable bonds is 3. The highest BCUT2D eigenvalue weighted by Crippen LogP contribution is 2.20. The first-order valence-corrected chi connectivity index (χ1v) is 4.31. The molecule has 0 aliphatic carbocycles. The van der Waals surface area contributed by atoms with Crippen LogP contribution in [0.15, 0.2) is 47.3 Å². The molecule has 0 saturated heterocycles. The van der Waals surface area contributed by atoms with Gasteiger partial charge in [-0.15, -0.1) is 0 Å². The fraction of sp³-hybridized carbons (Fsp3) is 0.100. The number of hydrazine groups is 1. The van der Waals surface area contributed by atoms with Gasteiger partial charge in [-0.05, 0) is 29.8 Å². The van der Waals surface area contributed by atoms with Gasteiger partial charge in [0.2, 0.25) is 0 Å². The average Bonchev–Trinajstić information content (AvgIpc) is 2.74. The monoisotopic (exact) mass is 189 g/mol. The molecule has 0 aliphatic heterocycles. The van der Waals surface area contributed by atoms with Crippen LogP contribution in [0.1, 0.15) is 17.4 Å². The number of nitrogens with two attached hydrogens (primary N) is 1. The van der Waals surface area contributed by atoms with Crippen molar-refractivity contribution in [3.8, 4) is 0 Å². The predicted octanol–water partition coefficient (Wildman–Crippen LogP) is 1.23. The lowest BCUT2D eigenvalue weighted by atomic mass is 10.1. The molecule has 0 aliphatic rings. The summed E-state index contributed by atoms with van der Waals surface area (Å²) in [5, 5.41) is 0. The van der Waals surface area contributed by atoms with Gasteiger partial charge in [-0.3, -0.25) is 10.8 Å². The molecule has 4 heteroatoms. The molecule has 0 spiro atoms. The van der Waals surface area contributed by atoms with E-state index in [1.807, 2.05) is 24.3 Å². The molecule has 4 nitrogen and oxygen atoms in total. The Morgan fingerprint density at radius 1 is 1.29 bits per heavy atom. The van der Waals surface area contributed by atoms with Crippen molar-refractivity contribution in [2.45, 2.75) is 6.04 Å². The van der Waals surface area contributed by atoms with Crippen LogP contribution >= 0.6 is 0 Å². The van der Waals surface area contributed by atoms with Crippen LogP contribution in [0.25, 0.3) is 0 Å². The Labute approximate surface area is 81.7 Å². The van der Waals surface area contributed by atoms with Crippen LogP contribution in [-0.2, 0) is 0 Å². The smallest absolute Gasteiger partial charge is 0.126 e. The summed E-state index contributed by atoms with van der Waals surface area (Å²) in [6.45, 7) is 0. The highest BCUT2D eigenvalue weighted by Gasteiger charge is 2.13. The van der Waals surface area contributed by atoms with E-state index < -0.39 is 0 Å². The average molecular weight is 189 g/mol. The summed E-state index contributed by atoms with van der Waals surface area (Å²) >= 11 is 0. The van der Waals surface area contributed by atoms with E-state index in [2.05, 4.69) is 10.4 Å². The SMILES string of the molecule is NNC(c1ccncc1)c1ccco1. The summed E-state index contributed by atoms with van der Waals surface area (Å²) in [5.41, 5.74) is 3.72. The standard InChI is InChI=1S/C10H11N3O/c11-13-10(9-2-1-7-14-9)8-3-5-12-6-4-8/h1-7,10,13H,11H2. The van der Waals surface area contributed by atoms with E-state index in [0.29, 0.717) is 0 Å². The Hall–Kier alpha value is -1.65. The van der Waals surface area contributed by atoms with Gasteiger partial charge >= 0.3 is 0 Å². The van der Waals surface area contributed by atoms with Gasteiger partial charge in [0.25, 0.3) is 0 Å².